The summed E-state index contributed by atoms with van der Waals surface area (Å²) in [5.41, 5.74) is 2.26. The van der Waals surface area contributed by atoms with Crippen molar-refractivity contribution in [3.63, 3.8) is 0 Å². The Kier molecular flexibility index (Phi) is 3.57. The summed E-state index contributed by atoms with van der Waals surface area (Å²) in [6, 6.07) is 7.12. The third-order valence-corrected chi connectivity index (χ3v) is 6.30. The van der Waals surface area contributed by atoms with Gasteiger partial charge in [-0.05, 0) is 25.0 Å². The maximum atomic E-state index is 11.9. The number of anilines is 1. The number of hydrogen-bond donors (Lipinski definition) is 0. The van der Waals surface area contributed by atoms with Crippen molar-refractivity contribution in [2.75, 3.05) is 24.0 Å². The first kappa shape index (κ1) is 13.0. The molecule has 0 spiro atoms. The third-order valence-electron chi connectivity index (χ3n) is 4.52. The van der Waals surface area contributed by atoms with Gasteiger partial charge >= 0.3 is 0 Å². The van der Waals surface area contributed by atoms with Crippen LogP contribution >= 0.6 is 0 Å². The number of Topliss-reactive ketones (excluding diaryl/α,β-unsaturated/α-hetero) is 1. The lowest BCUT2D eigenvalue weighted by Crippen LogP contribution is -2.33. The molecule has 1 aromatic rings. The Balaban J connectivity index is 1.85. The van der Waals surface area contributed by atoms with Crippen molar-refractivity contribution in [3.8, 4) is 0 Å². The van der Waals surface area contributed by atoms with Crippen LogP contribution < -0.4 is 4.90 Å². The first-order valence-electron chi connectivity index (χ1n) is 7.19. The van der Waals surface area contributed by atoms with E-state index in [1.807, 2.05) is 6.07 Å². The fourth-order valence-corrected chi connectivity index (χ4v) is 4.86. The molecule has 3 heteroatoms. The number of benzene rings is 1. The minimum atomic E-state index is 0.114. The van der Waals surface area contributed by atoms with Crippen molar-refractivity contribution in [1.82, 2.24) is 0 Å². The molecule has 0 saturated heterocycles. The van der Waals surface area contributed by atoms with Crippen LogP contribution in [0.2, 0.25) is 0 Å². The highest BCUT2D eigenvalue weighted by Gasteiger charge is 2.35. The van der Waals surface area contributed by atoms with Gasteiger partial charge in [0.05, 0.1) is 5.56 Å². The molecule has 1 atom stereocenters. The van der Waals surface area contributed by atoms with Crippen molar-refractivity contribution in [2.24, 2.45) is 0 Å². The summed E-state index contributed by atoms with van der Waals surface area (Å²) < 4.78 is 0. The van der Waals surface area contributed by atoms with E-state index < -0.39 is 0 Å². The van der Waals surface area contributed by atoms with Crippen LogP contribution in [-0.4, -0.2) is 30.9 Å². The molecular weight excluding hydrogens is 254 g/mol. The molecule has 102 valence electrons. The zero-order valence-electron chi connectivity index (χ0n) is 11.8. The molecule has 1 saturated carbocycles. The van der Waals surface area contributed by atoms with Crippen molar-refractivity contribution in [3.05, 3.63) is 23.8 Å². The summed E-state index contributed by atoms with van der Waals surface area (Å²) >= 11 is 0. The second-order valence-corrected chi connectivity index (χ2v) is 7.79. The third kappa shape index (κ3) is 2.40. The van der Waals surface area contributed by atoms with E-state index in [9.17, 15) is 4.79 Å². The second kappa shape index (κ2) is 5.20. The van der Waals surface area contributed by atoms with Crippen LogP contribution in [0.25, 0.3) is 0 Å². The van der Waals surface area contributed by atoms with Crippen LogP contribution in [0, 0.1) is 0 Å². The van der Waals surface area contributed by atoms with Crippen LogP contribution in [0.4, 0.5) is 5.69 Å². The van der Waals surface area contributed by atoms with Gasteiger partial charge in [0.25, 0.3) is 0 Å². The van der Waals surface area contributed by atoms with Crippen LogP contribution in [0.3, 0.4) is 0 Å². The first-order chi connectivity index (χ1) is 9.16. The minimum absolute atomic E-state index is 0.114. The van der Waals surface area contributed by atoms with Crippen molar-refractivity contribution in [2.45, 2.75) is 43.0 Å². The maximum absolute atomic E-state index is 11.9. The van der Waals surface area contributed by atoms with Gasteiger partial charge in [0.2, 0.25) is 5.78 Å². The largest absolute Gasteiger partial charge is 0.371 e. The number of carbonyl (C=O) groups excluding carboxylic acids is 1. The molecule has 0 amide bonds. The minimum Gasteiger partial charge on any atom is -0.371 e. The summed E-state index contributed by atoms with van der Waals surface area (Å²) in [6.07, 6.45) is 8.91. The predicted molar refractivity (Wildman–Crippen MR) is 82.5 cm³/mol. The van der Waals surface area contributed by atoms with Gasteiger partial charge in [0, 0.05) is 35.7 Å². The van der Waals surface area contributed by atoms with Gasteiger partial charge < -0.3 is 4.90 Å². The lowest BCUT2D eigenvalue weighted by molar-refractivity contribution is 0.102. The SMILES string of the molecule is CN(c1ccc2c(c1)[S+](C)CC2=O)C1CCCCC1. The van der Waals surface area contributed by atoms with Gasteiger partial charge in [-0.15, -0.1) is 0 Å². The van der Waals surface area contributed by atoms with Crippen LogP contribution in [0.1, 0.15) is 42.5 Å². The van der Waals surface area contributed by atoms with Crippen molar-refractivity contribution in [1.29, 1.82) is 0 Å². The molecule has 1 aromatic carbocycles. The van der Waals surface area contributed by atoms with E-state index in [1.54, 1.807) is 0 Å². The van der Waals surface area contributed by atoms with Crippen LogP contribution in [0.15, 0.2) is 23.1 Å². The molecule has 1 aliphatic heterocycles. The summed E-state index contributed by atoms with van der Waals surface area (Å²) in [6.45, 7) is 0. The summed E-state index contributed by atoms with van der Waals surface area (Å²) in [4.78, 5) is 15.6. The van der Waals surface area contributed by atoms with Gasteiger partial charge in [0.15, 0.2) is 10.6 Å². The molecule has 2 aliphatic rings. The van der Waals surface area contributed by atoms with Gasteiger partial charge in [-0.25, -0.2) is 0 Å². The Hall–Kier alpha value is -0.960. The Morgan fingerprint density at radius 1 is 1.21 bits per heavy atom. The van der Waals surface area contributed by atoms with Crippen molar-refractivity contribution < 1.29 is 4.79 Å². The highest BCUT2D eigenvalue weighted by Crippen LogP contribution is 2.32. The van der Waals surface area contributed by atoms with Gasteiger partial charge in [-0.3, -0.25) is 4.79 Å². The number of ketones is 1. The number of hydrogen-bond acceptors (Lipinski definition) is 2. The zero-order valence-corrected chi connectivity index (χ0v) is 12.6. The topological polar surface area (TPSA) is 20.3 Å². The number of carbonyl (C=O) groups is 1. The lowest BCUT2D eigenvalue weighted by atomic mass is 9.94. The average Bonchev–Trinajstić information content (AvgIpc) is 2.74. The number of nitrogens with zero attached hydrogens (tertiary/aromatic N) is 1. The first-order valence-corrected chi connectivity index (χ1v) is 8.99. The van der Waals surface area contributed by atoms with E-state index in [-0.39, 0.29) is 10.9 Å². The quantitative estimate of drug-likeness (QED) is 0.773. The van der Waals surface area contributed by atoms with E-state index in [0.717, 1.165) is 5.56 Å². The normalized spacial score (nSPS) is 23.5. The number of rotatable bonds is 2. The lowest BCUT2D eigenvalue weighted by Gasteiger charge is -2.33. The molecule has 1 heterocycles. The monoisotopic (exact) mass is 276 g/mol. The van der Waals surface area contributed by atoms with Crippen LogP contribution in [-0.2, 0) is 10.9 Å². The molecule has 19 heavy (non-hydrogen) atoms. The fraction of sp³-hybridized carbons (Fsp3) is 0.562. The van der Waals surface area contributed by atoms with Gasteiger partial charge in [-0.2, -0.15) is 0 Å². The highest BCUT2D eigenvalue weighted by atomic mass is 32.2. The molecule has 1 unspecified atom stereocenters. The van der Waals surface area contributed by atoms with E-state index in [0.29, 0.717) is 17.6 Å². The second-order valence-electron chi connectivity index (χ2n) is 5.79. The molecule has 3 rings (SSSR count). The Labute approximate surface area is 118 Å². The Morgan fingerprint density at radius 3 is 2.68 bits per heavy atom. The van der Waals surface area contributed by atoms with E-state index >= 15 is 0 Å². The van der Waals surface area contributed by atoms with Crippen molar-refractivity contribution >= 4 is 22.4 Å². The highest BCUT2D eigenvalue weighted by molar-refractivity contribution is 7.97. The fourth-order valence-electron chi connectivity index (χ4n) is 3.28. The zero-order chi connectivity index (χ0) is 13.4. The maximum Gasteiger partial charge on any atom is 0.217 e. The standard InChI is InChI=1S/C16H22NOS/c1-17(12-6-4-3-5-7-12)13-8-9-14-15(18)11-19(2)16(14)10-13/h8-10,12H,3-7,11H2,1-2H3/q+1. The number of fused-ring (bicyclic) bond motifs is 1. The van der Waals surface area contributed by atoms with Crippen LogP contribution in [0.5, 0.6) is 0 Å². The molecule has 0 N–H and O–H groups in total. The molecule has 0 radical (unpaired) electrons. The van der Waals surface area contributed by atoms with E-state index in [1.165, 1.54) is 42.7 Å². The summed E-state index contributed by atoms with van der Waals surface area (Å²) in [5, 5.41) is 0. The molecule has 1 aliphatic carbocycles. The predicted octanol–water partition coefficient (Wildman–Crippen LogP) is 3.26. The molecule has 0 aromatic heterocycles. The molecule has 2 nitrogen and oxygen atoms in total. The molecular formula is C16H22NOS+. The summed E-state index contributed by atoms with van der Waals surface area (Å²) in [7, 11) is 2.32. The molecule has 0 bridgehead atoms. The Morgan fingerprint density at radius 2 is 1.95 bits per heavy atom. The summed E-state index contributed by atoms with van der Waals surface area (Å²) in [5.74, 6) is 1.04. The van der Waals surface area contributed by atoms with Gasteiger partial charge in [0.1, 0.15) is 6.26 Å². The van der Waals surface area contributed by atoms with E-state index in [2.05, 4.69) is 30.3 Å². The molecule has 1 fully saturated rings. The van der Waals surface area contributed by atoms with Gasteiger partial charge in [-0.1, -0.05) is 19.3 Å². The Bertz CT molecular complexity index is 494. The average molecular weight is 276 g/mol. The van der Waals surface area contributed by atoms with E-state index in [4.69, 9.17) is 0 Å². The smallest absolute Gasteiger partial charge is 0.217 e.